The molecule has 0 radical (unpaired) electrons. The predicted octanol–water partition coefficient (Wildman–Crippen LogP) is 3.52. The molecule has 2 aromatic carbocycles. The number of rotatable bonds is 6. The van der Waals surface area contributed by atoms with Gasteiger partial charge in [0.2, 0.25) is 5.82 Å². The molecule has 1 aliphatic heterocycles. The molecule has 4 heterocycles. The van der Waals surface area contributed by atoms with E-state index in [-0.39, 0.29) is 5.69 Å². The van der Waals surface area contributed by atoms with E-state index < -0.39 is 0 Å². The largest absolute Gasteiger partial charge is 0.461 e. The van der Waals surface area contributed by atoms with Gasteiger partial charge in [0.05, 0.1) is 12.8 Å². The number of para-hydroxylation sites is 1. The van der Waals surface area contributed by atoms with Crippen molar-refractivity contribution in [3.63, 3.8) is 0 Å². The maximum absolute atomic E-state index is 13.3. The van der Waals surface area contributed by atoms with Gasteiger partial charge in [0, 0.05) is 50.2 Å². The molecule has 6 rings (SSSR count). The van der Waals surface area contributed by atoms with Crippen LogP contribution in [0.25, 0.3) is 17.2 Å². The fourth-order valence-electron chi connectivity index (χ4n) is 4.64. The normalized spacial score (nSPS) is 14.6. The molecule has 1 fully saturated rings. The fourth-order valence-corrected chi connectivity index (χ4v) is 4.64. The first-order valence-electron chi connectivity index (χ1n) is 11.8. The van der Waals surface area contributed by atoms with Crippen LogP contribution in [0.1, 0.15) is 11.1 Å². The van der Waals surface area contributed by atoms with E-state index in [1.165, 1.54) is 10.2 Å². The molecule has 35 heavy (non-hydrogen) atoms. The highest BCUT2D eigenvalue weighted by Gasteiger charge is 2.21. The first kappa shape index (κ1) is 21.4. The minimum absolute atomic E-state index is 0.216. The molecule has 1 saturated heterocycles. The molecule has 0 spiro atoms. The number of anilines is 1. The van der Waals surface area contributed by atoms with Crippen molar-refractivity contribution in [3.05, 3.63) is 107 Å². The van der Waals surface area contributed by atoms with Crippen LogP contribution in [-0.4, -0.2) is 50.2 Å². The number of nitrogens with zero attached hydrogens (tertiary/aromatic N) is 6. The Labute approximate surface area is 202 Å². The van der Waals surface area contributed by atoms with Crippen molar-refractivity contribution in [1.29, 1.82) is 0 Å². The van der Waals surface area contributed by atoms with Crippen molar-refractivity contribution >= 4 is 11.3 Å². The predicted molar refractivity (Wildman–Crippen MR) is 134 cm³/mol. The molecule has 176 valence electrons. The Morgan fingerprint density at radius 2 is 1.57 bits per heavy atom. The summed E-state index contributed by atoms with van der Waals surface area (Å²) in [5.74, 6) is 0.963. The average molecular weight is 467 g/mol. The molecule has 3 aromatic heterocycles. The van der Waals surface area contributed by atoms with Gasteiger partial charge in [-0.25, -0.2) is 9.78 Å². The van der Waals surface area contributed by atoms with Crippen molar-refractivity contribution in [1.82, 2.24) is 24.1 Å². The Balaban J connectivity index is 1.32. The van der Waals surface area contributed by atoms with E-state index in [2.05, 4.69) is 39.2 Å². The minimum atomic E-state index is -0.216. The quantitative estimate of drug-likeness (QED) is 0.381. The summed E-state index contributed by atoms with van der Waals surface area (Å²) in [7, 11) is 0. The van der Waals surface area contributed by atoms with E-state index in [0.29, 0.717) is 30.3 Å². The SMILES string of the molecule is O=c1n(Cc2ccccc2)cc(CN2CCN(c3ccccc3)CC2)c2nc(-c3ccco3)nn12. The third kappa shape index (κ3) is 4.36. The number of aromatic nitrogens is 4. The molecule has 5 aromatic rings. The second-order valence-corrected chi connectivity index (χ2v) is 8.80. The van der Waals surface area contributed by atoms with Crippen molar-refractivity contribution in [2.24, 2.45) is 0 Å². The lowest BCUT2D eigenvalue weighted by molar-refractivity contribution is 0.249. The number of furan rings is 1. The van der Waals surface area contributed by atoms with Gasteiger partial charge >= 0.3 is 5.69 Å². The molecule has 0 N–H and O–H groups in total. The molecule has 0 atom stereocenters. The number of piperazine rings is 1. The molecule has 0 unspecified atom stereocenters. The van der Waals surface area contributed by atoms with Gasteiger partial charge in [-0.3, -0.25) is 9.47 Å². The lowest BCUT2D eigenvalue weighted by atomic mass is 10.2. The van der Waals surface area contributed by atoms with Crippen LogP contribution in [0, 0.1) is 0 Å². The maximum Gasteiger partial charge on any atom is 0.351 e. The van der Waals surface area contributed by atoms with Crippen LogP contribution in [0.2, 0.25) is 0 Å². The topological polar surface area (TPSA) is 71.8 Å². The lowest BCUT2D eigenvalue weighted by Gasteiger charge is -2.36. The Kier molecular flexibility index (Phi) is 5.64. The average Bonchev–Trinajstić information content (AvgIpc) is 3.59. The van der Waals surface area contributed by atoms with Gasteiger partial charge in [-0.05, 0) is 29.8 Å². The van der Waals surface area contributed by atoms with Crippen LogP contribution in [0.5, 0.6) is 0 Å². The molecule has 0 amide bonds. The molecular formula is C27H26N6O2. The summed E-state index contributed by atoms with van der Waals surface area (Å²) in [5.41, 5.74) is 3.65. The smallest absolute Gasteiger partial charge is 0.351 e. The summed E-state index contributed by atoms with van der Waals surface area (Å²) in [4.78, 5) is 22.9. The maximum atomic E-state index is 13.3. The molecule has 0 aliphatic carbocycles. The molecular weight excluding hydrogens is 440 g/mol. The first-order valence-corrected chi connectivity index (χ1v) is 11.8. The van der Waals surface area contributed by atoms with Crippen LogP contribution in [0.3, 0.4) is 0 Å². The van der Waals surface area contributed by atoms with E-state index in [1.807, 2.05) is 42.6 Å². The van der Waals surface area contributed by atoms with Crippen molar-refractivity contribution in [3.8, 4) is 11.6 Å². The van der Waals surface area contributed by atoms with Crippen molar-refractivity contribution in [2.45, 2.75) is 13.1 Å². The highest BCUT2D eigenvalue weighted by molar-refractivity contribution is 5.55. The number of hydrogen-bond acceptors (Lipinski definition) is 6. The van der Waals surface area contributed by atoms with Crippen molar-refractivity contribution < 1.29 is 4.42 Å². The van der Waals surface area contributed by atoms with Gasteiger partial charge in [-0.15, -0.1) is 5.10 Å². The molecule has 0 bridgehead atoms. The Hall–Kier alpha value is -4.17. The van der Waals surface area contributed by atoms with Crippen molar-refractivity contribution in [2.75, 3.05) is 31.1 Å². The number of fused-ring (bicyclic) bond motifs is 1. The summed E-state index contributed by atoms with van der Waals surface area (Å²) >= 11 is 0. The van der Waals surface area contributed by atoms with E-state index in [1.54, 1.807) is 23.0 Å². The Morgan fingerprint density at radius 3 is 2.29 bits per heavy atom. The minimum Gasteiger partial charge on any atom is -0.461 e. The van der Waals surface area contributed by atoms with Crippen LogP contribution in [-0.2, 0) is 13.1 Å². The Morgan fingerprint density at radius 1 is 0.829 bits per heavy atom. The first-order chi connectivity index (χ1) is 17.2. The van der Waals surface area contributed by atoms with Crippen LogP contribution in [0.15, 0.2) is 94.5 Å². The zero-order chi connectivity index (χ0) is 23.6. The monoisotopic (exact) mass is 466 g/mol. The van der Waals surface area contributed by atoms with Crippen LogP contribution >= 0.6 is 0 Å². The highest BCUT2D eigenvalue weighted by atomic mass is 16.3. The zero-order valence-corrected chi connectivity index (χ0v) is 19.3. The van der Waals surface area contributed by atoms with Gasteiger partial charge < -0.3 is 9.32 Å². The molecule has 8 heteroatoms. The zero-order valence-electron chi connectivity index (χ0n) is 19.3. The summed E-state index contributed by atoms with van der Waals surface area (Å²) in [6.07, 6.45) is 3.52. The van der Waals surface area contributed by atoms with Gasteiger partial charge in [0.15, 0.2) is 11.4 Å². The summed E-state index contributed by atoms with van der Waals surface area (Å²) in [5, 5.41) is 4.51. The summed E-state index contributed by atoms with van der Waals surface area (Å²) in [6.45, 7) is 4.93. The molecule has 1 aliphatic rings. The van der Waals surface area contributed by atoms with E-state index in [9.17, 15) is 4.79 Å². The highest BCUT2D eigenvalue weighted by Crippen LogP contribution is 2.20. The fraction of sp³-hybridized carbons (Fsp3) is 0.222. The third-order valence-corrected chi connectivity index (χ3v) is 6.46. The Bertz CT molecular complexity index is 1470. The van der Waals surface area contributed by atoms with Crippen LogP contribution in [0.4, 0.5) is 5.69 Å². The summed E-state index contributed by atoms with van der Waals surface area (Å²) in [6, 6.07) is 24.1. The second kappa shape index (κ2) is 9.23. The van der Waals surface area contributed by atoms with Gasteiger partial charge in [0.25, 0.3) is 0 Å². The van der Waals surface area contributed by atoms with E-state index in [4.69, 9.17) is 9.40 Å². The number of benzene rings is 2. The van der Waals surface area contributed by atoms with E-state index >= 15 is 0 Å². The van der Waals surface area contributed by atoms with Gasteiger partial charge in [-0.2, -0.15) is 4.52 Å². The molecule has 8 nitrogen and oxygen atoms in total. The third-order valence-electron chi connectivity index (χ3n) is 6.46. The van der Waals surface area contributed by atoms with Gasteiger partial charge in [-0.1, -0.05) is 48.5 Å². The van der Waals surface area contributed by atoms with Crippen LogP contribution < -0.4 is 10.6 Å². The second-order valence-electron chi connectivity index (χ2n) is 8.80. The van der Waals surface area contributed by atoms with E-state index in [0.717, 1.165) is 37.3 Å². The number of hydrogen-bond donors (Lipinski definition) is 0. The molecule has 0 saturated carbocycles. The lowest BCUT2D eigenvalue weighted by Crippen LogP contribution is -2.46. The van der Waals surface area contributed by atoms with Gasteiger partial charge in [0.1, 0.15) is 0 Å². The standard InChI is InChI=1S/C27H26N6O2/c34-27-32(18-21-8-3-1-4-9-21)20-22(26-28-25(29-33(26)27)24-12-7-17-35-24)19-30-13-15-31(16-14-30)23-10-5-2-6-11-23/h1-12,17,20H,13-16,18-19H2. The summed E-state index contributed by atoms with van der Waals surface area (Å²) < 4.78 is 8.63.